The highest BCUT2D eigenvalue weighted by Crippen LogP contribution is 2.18. The van der Waals surface area contributed by atoms with E-state index in [1.165, 1.54) is 4.31 Å². The minimum Gasteiger partial charge on any atom is -0.497 e. The van der Waals surface area contributed by atoms with Crippen LogP contribution >= 0.6 is 0 Å². The van der Waals surface area contributed by atoms with Gasteiger partial charge in [0.25, 0.3) is 5.91 Å². The molecule has 0 unspecified atom stereocenters. The maximum Gasteiger partial charge on any atom is 0.254 e. The second-order valence-electron chi connectivity index (χ2n) is 7.06. The number of hydrogen-bond acceptors (Lipinski definition) is 6. The second kappa shape index (κ2) is 9.84. The summed E-state index contributed by atoms with van der Waals surface area (Å²) in [5.41, 5.74) is 4.36. The molecule has 1 amide bonds. The lowest BCUT2D eigenvalue weighted by Gasteiger charge is -2.33. The average molecular weight is 431 g/mol. The van der Waals surface area contributed by atoms with Gasteiger partial charge >= 0.3 is 0 Å². The number of carbonyl (C=O) groups is 1. The van der Waals surface area contributed by atoms with Crippen LogP contribution in [0, 0.1) is 6.92 Å². The van der Waals surface area contributed by atoms with Crippen LogP contribution in [-0.2, 0) is 14.8 Å². The van der Waals surface area contributed by atoms with Crippen molar-refractivity contribution >= 4 is 22.1 Å². The van der Waals surface area contributed by atoms with Crippen LogP contribution in [0.25, 0.3) is 0 Å². The number of aryl methyl sites for hydroxylation is 1. The van der Waals surface area contributed by atoms with Gasteiger partial charge in [0.1, 0.15) is 5.75 Å². The maximum atomic E-state index is 12.7. The van der Waals surface area contributed by atoms with Crippen LogP contribution in [0.2, 0.25) is 0 Å². The van der Waals surface area contributed by atoms with E-state index in [0.717, 1.165) is 16.9 Å². The predicted octanol–water partition coefficient (Wildman–Crippen LogP) is 1.46. The van der Waals surface area contributed by atoms with Gasteiger partial charge in [-0.3, -0.25) is 9.69 Å². The molecule has 1 heterocycles. The van der Waals surface area contributed by atoms with Gasteiger partial charge in [-0.05, 0) is 48.9 Å². The number of benzene rings is 2. The van der Waals surface area contributed by atoms with E-state index in [4.69, 9.17) is 4.74 Å². The largest absolute Gasteiger partial charge is 0.497 e. The number of hydrogen-bond donors (Lipinski definition) is 1. The summed E-state index contributed by atoms with van der Waals surface area (Å²) in [6.07, 6.45) is 1.56. The van der Waals surface area contributed by atoms with E-state index in [9.17, 15) is 13.2 Å². The van der Waals surface area contributed by atoms with E-state index in [0.29, 0.717) is 31.1 Å². The molecule has 30 heavy (non-hydrogen) atoms. The average Bonchev–Trinajstić information content (AvgIpc) is 2.75. The number of nitrogens with one attached hydrogen (secondary N) is 1. The fourth-order valence-corrected chi connectivity index (χ4v) is 4.52. The van der Waals surface area contributed by atoms with Crippen molar-refractivity contribution < 1.29 is 17.9 Å². The zero-order valence-corrected chi connectivity index (χ0v) is 17.9. The first-order valence-electron chi connectivity index (χ1n) is 9.63. The highest BCUT2D eigenvalue weighted by atomic mass is 32.2. The first-order chi connectivity index (χ1) is 14.4. The predicted molar refractivity (Wildman–Crippen MR) is 115 cm³/mol. The molecule has 1 aliphatic rings. The summed E-state index contributed by atoms with van der Waals surface area (Å²) in [5.74, 6) is 0.509. The third kappa shape index (κ3) is 5.65. The van der Waals surface area contributed by atoms with E-state index in [1.54, 1.807) is 37.6 Å². The van der Waals surface area contributed by atoms with E-state index in [2.05, 4.69) is 10.5 Å². The van der Waals surface area contributed by atoms with Gasteiger partial charge in [0.2, 0.25) is 10.0 Å². The minimum atomic E-state index is -3.51. The van der Waals surface area contributed by atoms with Gasteiger partial charge in [-0.1, -0.05) is 17.7 Å². The molecule has 0 spiro atoms. The van der Waals surface area contributed by atoms with Gasteiger partial charge in [0.15, 0.2) is 0 Å². The third-order valence-corrected chi connectivity index (χ3v) is 6.79. The molecule has 2 aromatic rings. The molecule has 2 aromatic carbocycles. The molecule has 8 nitrogen and oxygen atoms in total. The van der Waals surface area contributed by atoms with Gasteiger partial charge in [-0.25, -0.2) is 13.8 Å². The Morgan fingerprint density at radius 2 is 1.70 bits per heavy atom. The Morgan fingerprint density at radius 3 is 2.30 bits per heavy atom. The molecule has 0 aliphatic carbocycles. The second-order valence-corrected chi connectivity index (χ2v) is 9.00. The van der Waals surface area contributed by atoms with Crippen LogP contribution in [0.5, 0.6) is 5.75 Å². The van der Waals surface area contributed by atoms with Crippen LogP contribution in [-0.4, -0.2) is 69.6 Å². The highest BCUT2D eigenvalue weighted by Gasteiger charge is 2.28. The standard InChI is InChI=1S/C21H26N4O4S/c1-17-3-9-20(10-4-17)30(27,28)25-13-11-24(12-14-25)16-21(26)23-22-15-18-5-7-19(29-2)8-6-18/h3-10,15H,11-14,16H2,1-2H3,(H,23,26). The third-order valence-electron chi connectivity index (χ3n) is 4.88. The molecule has 0 bridgehead atoms. The number of rotatable bonds is 7. The Bertz CT molecular complexity index is 981. The lowest BCUT2D eigenvalue weighted by Crippen LogP contribution is -2.50. The molecule has 1 fully saturated rings. The normalized spacial score (nSPS) is 15.9. The fourth-order valence-electron chi connectivity index (χ4n) is 3.09. The number of piperazine rings is 1. The molecule has 9 heteroatoms. The van der Waals surface area contributed by atoms with Gasteiger partial charge in [0, 0.05) is 26.2 Å². The van der Waals surface area contributed by atoms with Crippen molar-refractivity contribution in [3.05, 3.63) is 59.7 Å². The molecule has 1 N–H and O–H groups in total. The summed E-state index contributed by atoms with van der Waals surface area (Å²) >= 11 is 0. The Balaban J connectivity index is 1.46. The molecule has 0 radical (unpaired) electrons. The molecule has 1 saturated heterocycles. The first kappa shape index (κ1) is 21.9. The Hall–Kier alpha value is -2.75. The van der Waals surface area contributed by atoms with Gasteiger partial charge in [0.05, 0.1) is 24.8 Å². The maximum absolute atomic E-state index is 12.7. The number of sulfonamides is 1. The van der Waals surface area contributed by atoms with E-state index in [-0.39, 0.29) is 12.5 Å². The summed E-state index contributed by atoms with van der Waals surface area (Å²) in [6.45, 7) is 3.75. The van der Waals surface area contributed by atoms with Gasteiger partial charge in [-0.15, -0.1) is 0 Å². The zero-order valence-electron chi connectivity index (χ0n) is 17.1. The number of amides is 1. The summed E-state index contributed by atoms with van der Waals surface area (Å²) < 4.78 is 32.0. The molecule has 0 aromatic heterocycles. The fraction of sp³-hybridized carbons (Fsp3) is 0.333. The van der Waals surface area contributed by atoms with Crippen LogP contribution in [0.4, 0.5) is 0 Å². The Labute approximate surface area is 177 Å². The van der Waals surface area contributed by atoms with Crippen molar-refractivity contribution in [1.29, 1.82) is 0 Å². The summed E-state index contributed by atoms with van der Waals surface area (Å²) in [7, 11) is -1.91. The minimum absolute atomic E-state index is 0.165. The summed E-state index contributed by atoms with van der Waals surface area (Å²) in [4.78, 5) is 14.3. The van der Waals surface area contributed by atoms with Crippen LogP contribution < -0.4 is 10.2 Å². The Kier molecular flexibility index (Phi) is 7.20. The van der Waals surface area contributed by atoms with Crippen molar-refractivity contribution in [3.8, 4) is 5.75 Å². The summed E-state index contributed by atoms with van der Waals surface area (Å²) in [5, 5.41) is 3.97. The van der Waals surface area contributed by atoms with Crippen molar-refractivity contribution in [2.24, 2.45) is 5.10 Å². The SMILES string of the molecule is COc1ccc(C=NNC(=O)CN2CCN(S(=O)(=O)c3ccc(C)cc3)CC2)cc1. The molecular formula is C21H26N4O4S. The van der Waals surface area contributed by atoms with Crippen LogP contribution in [0.15, 0.2) is 58.5 Å². The first-order valence-corrected chi connectivity index (χ1v) is 11.1. The monoisotopic (exact) mass is 430 g/mol. The van der Waals surface area contributed by atoms with Gasteiger partial charge in [-0.2, -0.15) is 9.41 Å². The highest BCUT2D eigenvalue weighted by molar-refractivity contribution is 7.89. The quantitative estimate of drug-likeness (QED) is 0.531. The van der Waals surface area contributed by atoms with Crippen LogP contribution in [0.3, 0.4) is 0 Å². The molecular weight excluding hydrogens is 404 g/mol. The number of methoxy groups -OCH3 is 1. The number of carbonyl (C=O) groups excluding carboxylic acids is 1. The van der Waals surface area contributed by atoms with Crippen molar-refractivity contribution in [3.63, 3.8) is 0 Å². The lowest BCUT2D eigenvalue weighted by atomic mass is 10.2. The van der Waals surface area contributed by atoms with Crippen LogP contribution in [0.1, 0.15) is 11.1 Å². The van der Waals surface area contributed by atoms with Crippen molar-refractivity contribution in [2.45, 2.75) is 11.8 Å². The molecule has 160 valence electrons. The van der Waals surface area contributed by atoms with E-state index >= 15 is 0 Å². The lowest BCUT2D eigenvalue weighted by molar-refractivity contribution is -0.122. The Morgan fingerprint density at radius 1 is 1.07 bits per heavy atom. The zero-order chi connectivity index (χ0) is 21.6. The van der Waals surface area contributed by atoms with Crippen molar-refractivity contribution in [2.75, 3.05) is 39.8 Å². The molecule has 0 saturated carbocycles. The van der Waals surface area contributed by atoms with E-state index in [1.807, 2.05) is 36.1 Å². The number of nitrogens with zero attached hydrogens (tertiary/aromatic N) is 3. The smallest absolute Gasteiger partial charge is 0.254 e. The summed E-state index contributed by atoms with van der Waals surface area (Å²) in [6, 6.07) is 14.1. The molecule has 1 aliphatic heterocycles. The molecule has 3 rings (SSSR count). The molecule has 0 atom stereocenters. The van der Waals surface area contributed by atoms with Gasteiger partial charge < -0.3 is 4.74 Å². The number of ether oxygens (including phenoxy) is 1. The van der Waals surface area contributed by atoms with E-state index < -0.39 is 10.0 Å². The topological polar surface area (TPSA) is 91.3 Å². The number of hydrazone groups is 1. The van der Waals surface area contributed by atoms with Crippen molar-refractivity contribution in [1.82, 2.24) is 14.6 Å².